The highest BCUT2D eigenvalue weighted by Crippen LogP contribution is 2.28. The summed E-state index contributed by atoms with van der Waals surface area (Å²) < 4.78 is 10.4. The van der Waals surface area contributed by atoms with E-state index >= 15 is 0 Å². The van der Waals surface area contributed by atoms with Crippen molar-refractivity contribution in [2.24, 2.45) is 0 Å². The maximum atomic E-state index is 11.1. The Morgan fingerprint density at radius 1 is 1.17 bits per heavy atom. The van der Waals surface area contributed by atoms with Crippen LogP contribution in [-0.2, 0) is 6.42 Å². The van der Waals surface area contributed by atoms with Crippen molar-refractivity contribution in [3.63, 3.8) is 0 Å². The van der Waals surface area contributed by atoms with Crippen LogP contribution in [0.1, 0.15) is 11.1 Å². The van der Waals surface area contributed by atoms with Crippen molar-refractivity contribution in [1.29, 1.82) is 5.26 Å². The number of nitrogens with one attached hydrogen (secondary N) is 1. The van der Waals surface area contributed by atoms with Crippen LogP contribution in [0.25, 0.3) is 0 Å². The number of nitro benzene ring substituents is 1. The third kappa shape index (κ3) is 3.93. The molecule has 0 saturated carbocycles. The number of methoxy groups -OCH3 is 2. The van der Waals surface area contributed by atoms with E-state index in [1.807, 2.05) is 24.3 Å². The first-order valence-electron chi connectivity index (χ1n) is 7.22. The van der Waals surface area contributed by atoms with E-state index in [1.54, 1.807) is 26.4 Å². The van der Waals surface area contributed by atoms with Crippen molar-refractivity contribution in [1.82, 2.24) is 0 Å². The van der Waals surface area contributed by atoms with Crippen LogP contribution in [0.4, 0.5) is 11.4 Å². The summed E-state index contributed by atoms with van der Waals surface area (Å²) in [7, 11) is 3.14. The average molecular weight is 327 g/mol. The second-order valence-corrected chi connectivity index (χ2v) is 4.97. The number of rotatable bonds is 7. The average Bonchev–Trinajstić information content (AvgIpc) is 2.61. The molecule has 0 saturated heterocycles. The number of hydrogen-bond donors (Lipinski definition) is 1. The summed E-state index contributed by atoms with van der Waals surface area (Å²) in [6, 6.07) is 11.9. The van der Waals surface area contributed by atoms with Gasteiger partial charge in [-0.15, -0.1) is 0 Å². The van der Waals surface area contributed by atoms with Gasteiger partial charge in [0.2, 0.25) is 0 Å². The monoisotopic (exact) mass is 327 g/mol. The lowest BCUT2D eigenvalue weighted by Gasteiger charge is -2.11. The van der Waals surface area contributed by atoms with E-state index in [2.05, 4.69) is 5.32 Å². The molecular weight excluding hydrogens is 310 g/mol. The highest BCUT2D eigenvalue weighted by molar-refractivity contribution is 5.64. The number of benzene rings is 2. The molecular formula is C17H17N3O4. The molecule has 0 aromatic heterocycles. The van der Waals surface area contributed by atoms with Gasteiger partial charge in [-0.25, -0.2) is 0 Å². The number of nitro groups is 1. The van der Waals surface area contributed by atoms with Gasteiger partial charge < -0.3 is 14.8 Å². The highest BCUT2D eigenvalue weighted by Gasteiger charge is 2.14. The van der Waals surface area contributed by atoms with Gasteiger partial charge in [-0.05, 0) is 36.2 Å². The van der Waals surface area contributed by atoms with E-state index in [-0.39, 0.29) is 11.3 Å². The van der Waals surface area contributed by atoms with Gasteiger partial charge in [0.1, 0.15) is 5.69 Å². The zero-order chi connectivity index (χ0) is 17.5. The molecule has 0 fully saturated rings. The van der Waals surface area contributed by atoms with E-state index in [9.17, 15) is 10.1 Å². The van der Waals surface area contributed by atoms with E-state index in [0.717, 1.165) is 5.56 Å². The minimum Gasteiger partial charge on any atom is -0.493 e. The minimum absolute atomic E-state index is 0.110. The van der Waals surface area contributed by atoms with Crippen molar-refractivity contribution in [3.05, 3.63) is 57.6 Å². The summed E-state index contributed by atoms with van der Waals surface area (Å²) in [5, 5.41) is 23.0. The van der Waals surface area contributed by atoms with E-state index in [4.69, 9.17) is 14.7 Å². The lowest BCUT2D eigenvalue weighted by atomic mass is 10.1. The fourth-order valence-electron chi connectivity index (χ4n) is 2.28. The molecule has 2 rings (SSSR count). The summed E-state index contributed by atoms with van der Waals surface area (Å²) in [6.07, 6.45) is 0.650. The Hall–Kier alpha value is -3.27. The molecule has 0 atom stereocenters. The quantitative estimate of drug-likeness (QED) is 0.620. The molecule has 0 unspecified atom stereocenters. The minimum atomic E-state index is -0.500. The molecule has 0 aliphatic rings. The molecule has 0 aliphatic heterocycles. The lowest BCUT2D eigenvalue weighted by molar-refractivity contribution is -0.384. The first-order chi connectivity index (χ1) is 11.6. The van der Waals surface area contributed by atoms with E-state index in [1.165, 1.54) is 6.07 Å². The zero-order valence-electron chi connectivity index (χ0n) is 13.4. The Morgan fingerprint density at radius 3 is 2.54 bits per heavy atom. The number of anilines is 1. The lowest BCUT2D eigenvalue weighted by Crippen LogP contribution is -2.07. The van der Waals surface area contributed by atoms with Crippen LogP contribution in [0, 0.1) is 21.4 Å². The van der Waals surface area contributed by atoms with Crippen molar-refractivity contribution in [3.8, 4) is 17.6 Å². The van der Waals surface area contributed by atoms with Gasteiger partial charge in [0.25, 0.3) is 5.69 Å². The molecule has 0 bridgehead atoms. The third-order valence-corrected chi connectivity index (χ3v) is 3.50. The van der Waals surface area contributed by atoms with Crippen LogP contribution in [0.2, 0.25) is 0 Å². The predicted molar refractivity (Wildman–Crippen MR) is 89.6 cm³/mol. The number of hydrogen-bond acceptors (Lipinski definition) is 6. The summed E-state index contributed by atoms with van der Waals surface area (Å²) in [5.74, 6) is 1.29. The molecule has 0 amide bonds. The topological polar surface area (TPSA) is 97.4 Å². The second kappa shape index (κ2) is 7.83. The molecule has 0 spiro atoms. The Balaban J connectivity index is 2.07. The Morgan fingerprint density at radius 2 is 1.92 bits per heavy atom. The standard InChI is InChI=1S/C17H17N3O4/c1-23-16-6-4-12(10-17(16)24-2)7-8-19-14-5-3-13(11-18)9-15(14)20(21)22/h3-6,9-10,19H,7-8H2,1-2H3. The van der Waals surface area contributed by atoms with Crippen molar-refractivity contribution in [2.45, 2.75) is 6.42 Å². The number of nitrogens with zero attached hydrogens (tertiary/aromatic N) is 2. The van der Waals surface area contributed by atoms with Crippen molar-refractivity contribution >= 4 is 11.4 Å². The van der Waals surface area contributed by atoms with Crippen LogP contribution in [0.3, 0.4) is 0 Å². The van der Waals surface area contributed by atoms with Crippen LogP contribution in [-0.4, -0.2) is 25.7 Å². The first kappa shape index (κ1) is 17.1. The van der Waals surface area contributed by atoms with E-state index < -0.39 is 4.92 Å². The molecule has 124 valence electrons. The first-order valence-corrected chi connectivity index (χ1v) is 7.22. The molecule has 2 aromatic carbocycles. The summed E-state index contributed by atoms with van der Waals surface area (Å²) in [6.45, 7) is 0.502. The normalized spacial score (nSPS) is 9.88. The van der Waals surface area contributed by atoms with Gasteiger partial charge in [-0.2, -0.15) is 5.26 Å². The maximum absolute atomic E-state index is 11.1. The Bertz CT molecular complexity index is 784. The van der Waals surface area contributed by atoms with Crippen LogP contribution >= 0.6 is 0 Å². The molecule has 2 aromatic rings. The zero-order valence-corrected chi connectivity index (χ0v) is 13.4. The van der Waals surface area contributed by atoms with Crippen molar-refractivity contribution in [2.75, 3.05) is 26.1 Å². The Kier molecular flexibility index (Phi) is 5.58. The number of ether oxygens (including phenoxy) is 2. The van der Waals surface area contributed by atoms with E-state index in [0.29, 0.717) is 30.2 Å². The van der Waals surface area contributed by atoms with Crippen molar-refractivity contribution < 1.29 is 14.4 Å². The van der Waals surface area contributed by atoms with Gasteiger partial charge in [0, 0.05) is 12.6 Å². The SMILES string of the molecule is COc1ccc(CCNc2ccc(C#N)cc2[N+](=O)[O-])cc1OC. The van der Waals surface area contributed by atoms with Gasteiger partial charge in [0.15, 0.2) is 11.5 Å². The molecule has 7 nitrogen and oxygen atoms in total. The molecule has 0 heterocycles. The molecule has 1 N–H and O–H groups in total. The van der Waals surface area contributed by atoms with Gasteiger partial charge >= 0.3 is 0 Å². The van der Waals surface area contributed by atoms with Gasteiger partial charge in [-0.1, -0.05) is 6.07 Å². The maximum Gasteiger partial charge on any atom is 0.293 e. The molecule has 24 heavy (non-hydrogen) atoms. The number of nitriles is 1. The molecule has 0 aliphatic carbocycles. The molecule has 0 radical (unpaired) electrons. The fourth-order valence-corrected chi connectivity index (χ4v) is 2.28. The Labute approximate surface area is 139 Å². The summed E-state index contributed by atoms with van der Waals surface area (Å²) in [5.41, 5.74) is 1.55. The summed E-state index contributed by atoms with van der Waals surface area (Å²) >= 11 is 0. The largest absolute Gasteiger partial charge is 0.493 e. The molecule has 7 heteroatoms. The van der Waals surface area contributed by atoms with Gasteiger partial charge in [-0.3, -0.25) is 10.1 Å². The fraction of sp³-hybridized carbons (Fsp3) is 0.235. The third-order valence-electron chi connectivity index (χ3n) is 3.50. The predicted octanol–water partition coefficient (Wildman–Crippen LogP) is 3.14. The summed E-state index contributed by atoms with van der Waals surface area (Å²) in [4.78, 5) is 10.6. The smallest absolute Gasteiger partial charge is 0.293 e. The van der Waals surface area contributed by atoms with Crippen LogP contribution in [0.15, 0.2) is 36.4 Å². The van der Waals surface area contributed by atoms with Crippen LogP contribution in [0.5, 0.6) is 11.5 Å². The highest BCUT2D eigenvalue weighted by atomic mass is 16.6. The van der Waals surface area contributed by atoms with Gasteiger partial charge in [0.05, 0.1) is 30.8 Å². The second-order valence-electron chi connectivity index (χ2n) is 4.97. The van der Waals surface area contributed by atoms with Crippen LogP contribution < -0.4 is 14.8 Å².